The molecule has 0 aromatic heterocycles. The lowest BCUT2D eigenvalue weighted by Crippen LogP contribution is -2.44. The maximum absolute atomic E-state index is 12.4. The van der Waals surface area contributed by atoms with E-state index in [4.69, 9.17) is 15.2 Å². The highest BCUT2D eigenvalue weighted by atomic mass is 16.5. The first kappa shape index (κ1) is 17.6. The summed E-state index contributed by atoms with van der Waals surface area (Å²) in [4.78, 5) is 25.4. The predicted molar refractivity (Wildman–Crippen MR) is 93.5 cm³/mol. The molecule has 1 aromatic carbocycles. The van der Waals surface area contributed by atoms with Crippen LogP contribution >= 0.6 is 0 Å². The molecule has 0 aliphatic carbocycles. The van der Waals surface area contributed by atoms with Crippen LogP contribution in [0.25, 0.3) is 0 Å². The second kappa shape index (κ2) is 6.94. The van der Waals surface area contributed by atoms with Gasteiger partial charge < -0.3 is 20.1 Å². The number of carbonyl (C=O) groups is 2. The molecule has 2 amide bonds. The Morgan fingerprint density at radius 3 is 2.96 bits per heavy atom. The summed E-state index contributed by atoms with van der Waals surface area (Å²) in [5, 5.41) is 0. The Kier molecular flexibility index (Phi) is 4.88. The molecular weight excluding hydrogens is 320 g/mol. The van der Waals surface area contributed by atoms with Gasteiger partial charge in [-0.3, -0.25) is 9.59 Å². The molecule has 2 N–H and O–H groups in total. The number of likely N-dealkylation sites (tertiary alicyclic amines) is 1. The third-order valence-corrected chi connectivity index (χ3v) is 4.80. The van der Waals surface area contributed by atoms with E-state index in [9.17, 15) is 9.59 Å². The van der Waals surface area contributed by atoms with E-state index in [1.165, 1.54) is 0 Å². The normalized spacial score (nSPS) is 21.4. The number of para-hydroxylation sites is 1. The fourth-order valence-electron chi connectivity index (χ4n) is 3.54. The van der Waals surface area contributed by atoms with E-state index >= 15 is 0 Å². The van der Waals surface area contributed by atoms with Crippen LogP contribution in [-0.2, 0) is 16.0 Å². The third-order valence-electron chi connectivity index (χ3n) is 4.80. The smallest absolute Gasteiger partial charge is 0.226 e. The number of rotatable bonds is 5. The third kappa shape index (κ3) is 4.06. The molecule has 0 saturated carbocycles. The summed E-state index contributed by atoms with van der Waals surface area (Å²) in [5.74, 6) is 0.913. The molecule has 1 fully saturated rings. The van der Waals surface area contributed by atoms with Crippen molar-refractivity contribution in [2.24, 2.45) is 11.7 Å². The van der Waals surface area contributed by atoms with Crippen LogP contribution in [0.4, 0.5) is 0 Å². The molecule has 0 spiro atoms. The number of amides is 2. The Bertz CT molecular complexity index is 671. The van der Waals surface area contributed by atoms with Gasteiger partial charge in [-0.05, 0) is 32.8 Å². The van der Waals surface area contributed by atoms with Gasteiger partial charge >= 0.3 is 0 Å². The summed E-state index contributed by atoms with van der Waals surface area (Å²) in [7, 11) is 0. The van der Waals surface area contributed by atoms with Crippen molar-refractivity contribution in [2.75, 3.05) is 19.7 Å². The zero-order valence-corrected chi connectivity index (χ0v) is 14.9. The van der Waals surface area contributed by atoms with Crippen LogP contribution in [0.5, 0.6) is 11.5 Å². The molecule has 25 heavy (non-hydrogen) atoms. The molecule has 3 rings (SSSR count). The first-order chi connectivity index (χ1) is 11.9. The maximum Gasteiger partial charge on any atom is 0.226 e. The van der Waals surface area contributed by atoms with Crippen molar-refractivity contribution < 1.29 is 19.1 Å². The highest BCUT2D eigenvalue weighted by Gasteiger charge is 2.32. The highest BCUT2D eigenvalue weighted by Crippen LogP contribution is 2.41. The van der Waals surface area contributed by atoms with Crippen LogP contribution in [0.15, 0.2) is 18.2 Å². The van der Waals surface area contributed by atoms with E-state index in [2.05, 4.69) is 0 Å². The fraction of sp³-hybridized carbons (Fsp3) is 0.579. The number of carbonyl (C=O) groups excluding carboxylic acids is 2. The van der Waals surface area contributed by atoms with Gasteiger partial charge in [-0.15, -0.1) is 0 Å². The minimum Gasteiger partial charge on any atom is -0.489 e. The second-order valence-corrected chi connectivity index (χ2v) is 7.46. The molecule has 0 radical (unpaired) electrons. The van der Waals surface area contributed by atoms with Gasteiger partial charge in [0, 0.05) is 25.1 Å². The van der Waals surface area contributed by atoms with Crippen LogP contribution < -0.4 is 15.2 Å². The number of ether oxygens (including phenoxy) is 2. The monoisotopic (exact) mass is 346 g/mol. The minimum atomic E-state index is -0.326. The number of nitrogens with zero attached hydrogens (tertiary/aromatic N) is 1. The second-order valence-electron chi connectivity index (χ2n) is 7.46. The highest BCUT2D eigenvalue weighted by molar-refractivity contribution is 5.80. The molecule has 2 aliphatic rings. The van der Waals surface area contributed by atoms with E-state index in [-0.39, 0.29) is 36.4 Å². The lowest BCUT2D eigenvalue weighted by molar-refractivity contribution is -0.135. The lowest BCUT2D eigenvalue weighted by Gasteiger charge is -2.31. The Labute approximate surface area is 148 Å². The minimum absolute atomic E-state index is 0.000209. The van der Waals surface area contributed by atoms with Gasteiger partial charge in [-0.2, -0.15) is 0 Å². The first-order valence-corrected chi connectivity index (χ1v) is 8.86. The van der Waals surface area contributed by atoms with Gasteiger partial charge in [-0.1, -0.05) is 12.1 Å². The average Bonchev–Trinajstić information content (AvgIpc) is 2.89. The van der Waals surface area contributed by atoms with Crippen molar-refractivity contribution >= 4 is 11.8 Å². The molecule has 136 valence electrons. The van der Waals surface area contributed by atoms with Crippen LogP contribution in [0.1, 0.15) is 38.7 Å². The Morgan fingerprint density at radius 1 is 1.40 bits per heavy atom. The molecule has 6 heteroatoms. The van der Waals surface area contributed by atoms with Gasteiger partial charge in [0.05, 0.1) is 18.9 Å². The zero-order chi connectivity index (χ0) is 18.0. The van der Waals surface area contributed by atoms with Crippen molar-refractivity contribution in [3.8, 4) is 11.5 Å². The van der Waals surface area contributed by atoms with E-state index in [0.29, 0.717) is 18.8 Å². The van der Waals surface area contributed by atoms with Gasteiger partial charge in [-0.25, -0.2) is 0 Å². The Balaban J connectivity index is 1.53. The number of hydrogen-bond donors (Lipinski definition) is 1. The van der Waals surface area contributed by atoms with E-state index in [0.717, 1.165) is 30.6 Å². The summed E-state index contributed by atoms with van der Waals surface area (Å²) in [6.07, 6.45) is 2.70. The molecular formula is C19H26N2O4. The molecule has 1 unspecified atom stereocenters. The largest absolute Gasteiger partial charge is 0.489 e. The number of primary amides is 1. The number of hydrogen-bond acceptors (Lipinski definition) is 4. The predicted octanol–water partition coefficient (Wildman–Crippen LogP) is 1.89. The summed E-state index contributed by atoms with van der Waals surface area (Å²) in [6.45, 7) is 5.49. The van der Waals surface area contributed by atoms with Gasteiger partial charge in [0.1, 0.15) is 5.60 Å². The SMILES string of the molecule is CC1(C)Cc2cccc(OCCC(=O)N3CCCC(C(N)=O)C3)c2O1. The summed E-state index contributed by atoms with van der Waals surface area (Å²) in [6, 6.07) is 5.86. The molecule has 1 aromatic rings. The van der Waals surface area contributed by atoms with Crippen molar-refractivity contribution in [2.45, 2.75) is 45.1 Å². The topological polar surface area (TPSA) is 81.9 Å². The van der Waals surface area contributed by atoms with Gasteiger partial charge in [0.2, 0.25) is 11.8 Å². The number of benzene rings is 1. The molecule has 2 heterocycles. The molecule has 6 nitrogen and oxygen atoms in total. The summed E-state index contributed by atoms with van der Waals surface area (Å²) >= 11 is 0. The molecule has 0 bridgehead atoms. The molecule has 1 saturated heterocycles. The zero-order valence-electron chi connectivity index (χ0n) is 14.9. The number of piperidine rings is 1. The van der Waals surface area contributed by atoms with Crippen LogP contribution in [0.2, 0.25) is 0 Å². The number of fused-ring (bicyclic) bond motifs is 1. The van der Waals surface area contributed by atoms with Crippen molar-refractivity contribution in [3.05, 3.63) is 23.8 Å². The van der Waals surface area contributed by atoms with Crippen molar-refractivity contribution in [1.29, 1.82) is 0 Å². The summed E-state index contributed by atoms with van der Waals surface area (Å²) < 4.78 is 11.8. The summed E-state index contributed by atoms with van der Waals surface area (Å²) in [5.41, 5.74) is 6.27. The van der Waals surface area contributed by atoms with E-state index in [1.54, 1.807) is 4.90 Å². The van der Waals surface area contributed by atoms with Crippen LogP contribution in [-0.4, -0.2) is 42.0 Å². The van der Waals surface area contributed by atoms with Crippen LogP contribution in [0, 0.1) is 5.92 Å². The fourth-order valence-corrected chi connectivity index (χ4v) is 3.54. The van der Waals surface area contributed by atoms with Crippen molar-refractivity contribution in [3.63, 3.8) is 0 Å². The molecule has 2 aliphatic heterocycles. The van der Waals surface area contributed by atoms with E-state index < -0.39 is 0 Å². The van der Waals surface area contributed by atoms with Gasteiger partial charge in [0.25, 0.3) is 0 Å². The Morgan fingerprint density at radius 2 is 2.20 bits per heavy atom. The number of nitrogens with two attached hydrogens (primary N) is 1. The average molecular weight is 346 g/mol. The lowest BCUT2D eigenvalue weighted by atomic mass is 9.97. The first-order valence-electron chi connectivity index (χ1n) is 8.86. The molecule has 1 atom stereocenters. The van der Waals surface area contributed by atoms with Gasteiger partial charge in [0.15, 0.2) is 11.5 Å². The van der Waals surface area contributed by atoms with Crippen molar-refractivity contribution in [1.82, 2.24) is 4.90 Å². The maximum atomic E-state index is 12.4. The standard InChI is InChI=1S/C19H26N2O4/c1-19(2)11-13-5-3-7-15(17(13)25-19)24-10-8-16(22)21-9-4-6-14(12-21)18(20)23/h3,5,7,14H,4,6,8-12H2,1-2H3,(H2,20,23). The quantitative estimate of drug-likeness (QED) is 0.883. The van der Waals surface area contributed by atoms with E-state index in [1.807, 2.05) is 32.0 Å². The van der Waals surface area contributed by atoms with Crippen LogP contribution in [0.3, 0.4) is 0 Å². The Hall–Kier alpha value is -2.24.